The van der Waals surface area contributed by atoms with Crippen molar-refractivity contribution in [1.29, 1.82) is 0 Å². The summed E-state index contributed by atoms with van der Waals surface area (Å²) in [4.78, 5) is 12.3. The van der Waals surface area contributed by atoms with Gasteiger partial charge in [0, 0.05) is 17.0 Å². The van der Waals surface area contributed by atoms with Crippen molar-refractivity contribution >= 4 is 17.7 Å². The standard InChI is InChI=1S/C18H15ClFN5O3/c1-25-23-17(22-24-25)16-12(7-10(19)8-13(16)20)9-2-3-11-14(21-18(26)27)4-5-28-15(11)6-9/h2-3,6-8,14,21H,4-5H2,1H3,(H,26,27). The minimum Gasteiger partial charge on any atom is -0.493 e. The van der Waals surface area contributed by atoms with E-state index in [9.17, 15) is 9.18 Å². The Morgan fingerprint density at radius 1 is 1.39 bits per heavy atom. The lowest BCUT2D eigenvalue weighted by atomic mass is 9.94. The molecule has 0 spiro atoms. The first-order valence-electron chi connectivity index (χ1n) is 8.42. The maximum atomic E-state index is 14.7. The van der Waals surface area contributed by atoms with Gasteiger partial charge in [0.1, 0.15) is 11.6 Å². The van der Waals surface area contributed by atoms with Gasteiger partial charge < -0.3 is 15.2 Å². The summed E-state index contributed by atoms with van der Waals surface area (Å²) in [5.74, 6) is 0.0937. The Morgan fingerprint density at radius 2 is 2.21 bits per heavy atom. The normalized spacial score (nSPS) is 15.6. The quantitative estimate of drug-likeness (QED) is 0.694. The lowest BCUT2D eigenvalue weighted by molar-refractivity contribution is 0.182. The molecule has 1 unspecified atom stereocenters. The Balaban J connectivity index is 1.83. The van der Waals surface area contributed by atoms with E-state index < -0.39 is 11.9 Å². The van der Waals surface area contributed by atoms with Crippen LogP contribution in [0.25, 0.3) is 22.5 Å². The summed E-state index contributed by atoms with van der Waals surface area (Å²) in [5, 5.41) is 23.5. The zero-order chi connectivity index (χ0) is 19.8. The van der Waals surface area contributed by atoms with Crippen LogP contribution in [0, 0.1) is 5.82 Å². The van der Waals surface area contributed by atoms with Crippen LogP contribution in [-0.4, -0.2) is 38.0 Å². The Morgan fingerprint density at radius 3 is 2.93 bits per heavy atom. The number of aryl methyl sites for hydroxylation is 1. The van der Waals surface area contributed by atoms with Crippen LogP contribution >= 0.6 is 11.6 Å². The number of tetrazole rings is 1. The van der Waals surface area contributed by atoms with Gasteiger partial charge in [-0.3, -0.25) is 0 Å². The van der Waals surface area contributed by atoms with Gasteiger partial charge in [-0.1, -0.05) is 23.7 Å². The van der Waals surface area contributed by atoms with Gasteiger partial charge in [-0.05, 0) is 34.5 Å². The molecule has 10 heteroatoms. The summed E-state index contributed by atoms with van der Waals surface area (Å²) < 4.78 is 20.4. The highest BCUT2D eigenvalue weighted by Gasteiger charge is 2.25. The van der Waals surface area contributed by atoms with Crippen LogP contribution in [0.4, 0.5) is 9.18 Å². The van der Waals surface area contributed by atoms with Crippen molar-refractivity contribution < 1.29 is 19.0 Å². The predicted molar refractivity (Wildman–Crippen MR) is 98.7 cm³/mol. The molecule has 1 aliphatic heterocycles. The molecule has 0 saturated carbocycles. The van der Waals surface area contributed by atoms with Crippen molar-refractivity contribution in [2.75, 3.05) is 6.61 Å². The number of nitrogens with zero attached hydrogens (tertiary/aromatic N) is 4. The number of amides is 1. The highest BCUT2D eigenvalue weighted by molar-refractivity contribution is 6.31. The van der Waals surface area contributed by atoms with E-state index in [4.69, 9.17) is 21.4 Å². The third kappa shape index (κ3) is 3.36. The van der Waals surface area contributed by atoms with Crippen molar-refractivity contribution in [3.8, 4) is 28.3 Å². The third-order valence-corrected chi connectivity index (χ3v) is 4.67. The molecule has 3 aromatic rings. The number of hydrogen-bond acceptors (Lipinski definition) is 5. The molecule has 1 atom stereocenters. The second-order valence-corrected chi connectivity index (χ2v) is 6.74. The van der Waals surface area contributed by atoms with Crippen molar-refractivity contribution in [3.05, 3.63) is 46.7 Å². The largest absolute Gasteiger partial charge is 0.493 e. The molecule has 2 aromatic carbocycles. The van der Waals surface area contributed by atoms with Gasteiger partial charge in [0.2, 0.25) is 5.82 Å². The number of nitrogens with one attached hydrogen (secondary N) is 1. The lowest BCUT2D eigenvalue weighted by Crippen LogP contribution is -2.30. The fourth-order valence-electron chi connectivity index (χ4n) is 3.27. The second-order valence-electron chi connectivity index (χ2n) is 6.30. The van der Waals surface area contributed by atoms with E-state index in [0.717, 1.165) is 5.56 Å². The molecule has 0 saturated heterocycles. The Bertz CT molecular complexity index is 1070. The van der Waals surface area contributed by atoms with Gasteiger partial charge >= 0.3 is 6.09 Å². The average Bonchev–Trinajstić information content (AvgIpc) is 3.06. The summed E-state index contributed by atoms with van der Waals surface area (Å²) >= 11 is 6.08. The second kappa shape index (κ2) is 7.08. The molecule has 1 aliphatic rings. The number of ether oxygens (including phenoxy) is 1. The van der Waals surface area contributed by atoms with Crippen molar-refractivity contribution in [1.82, 2.24) is 25.5 Å². The minimum atomic E-state index is -1.10. The van der Waals surface area contributed by atoms with E-state index in [-0.39, 0.29) is 22.5 Å². The van der Waals surface area contributed by atoms with Gasteiger partial charge in [-0.15, -0.1) is 10.2 Å². The number of halogens is 2. The minimum absolute atomic E-state index is 0.135. The fraction of sp³-hybridized carbons (Fsp3) is 0.222. The van der Waals surface area contributed by atoms with Crippen LogP contribution in [0.3, 0.4) is 0 Å². The van der Waals surface area contributed by atoms with E-state index in [2.05, 4.69) is 20.7 Å². The van der Waals surface area contributed by atoms with Crippen LogP contribution in [0.1, 0.15) is 18.0 Å². The summed E-state index contributed by atoms with van der Waals surface area (Å²) in [5.41, 5.74) is 2.02. The number of carboxylic acid groups (broad SMARTS) is 1. The molecule has 0 fully saturated rings. The zero-order valence-corrected chi connectivity index (χ0v) is 15.4. The van der Waals surface area contributed by atoms with Crippen LogP contribution < -0.4 is 10.1 Å². The van der Waals surface area contributed by atoms with E-state index >= 15 is 0 Å². The first-order valence-corrected chi connectivity index (χ1v) is 8.80. The Kier molecular flexibility index (Phi) is 4.60. The molecule has 1 amide bonds. The number of rotatable bonds is 3. The highest BCUT2D eigenvalue weighted by Crippen LogP contribution is 2.40. The molecule has 0 bridgehead atoms. The third-order valence-electron chi connectivity index (χ3n) is 4.45. The van der Waals surface area contributed by atoms with E-state index in [1.165, 1.54) is 10.9 Å². The van der Waals surface area contributed by atoms with Gasteiger partial charge in [0.05, 0.1) is 25.3 Å². The van der Waals surface area contributed by atoms with Crippen LogP contribution in [-0.2, 0) is 7.05 Å². The average molecular weight is 404 g/mol. The Hall–Kier alpha value is -3.20. The molecule has 4 rings (SSSR count). The number of fused-ring (bicyclic) bond motifs is 1. The number of hydrogen-bond donors (Lipinski definition) is 2. The smallest absolute Gasteiger partial charge is 0.405 e. The molecule has 0 radical (unpaired) electrons. The van der Waals surface area contributed by atoms with Crippen molar-refractivity contribution in [2.45, 2.75) is 12.5 Å². The lowest BCUT2D eigenvalue weighted by Gasteiger charge is -2.26. The van der Waals surface area contributed by atoms with Crippen LogP contribution in [0.15, 0.2) is 30.3 Å². The molecule has 28 heavy (non-hydrogen) atoms. The molecule has 144 valence electrons. The molecule has 8 nitrogen and oxygen atoms in total. The maximum Gasteiger partial charge on any atom is 0.405 e. The van der Waals surface area contributed by atoms with E-state index in [1.54, 1.807) is 31.3 Å². The van der Waals surface area contributed by atoms with Gasteiger partial charge in [0.15, 0.2) is 0 Å². The molecule has 1 aromatic heterocycles. The highest BCUT2D eigenvalue weighted by atomic mass is 35.5. The first-order chi connectivity index (χ1) is 13.4. The maximum absolute atomic E-state index is 14.7. The summed E-state index contributed by atoms with van der Waals surface area (Å²) in [7, 11) is 1.59. The van der Waals surface area contributed by atoms with Crippen LogP contribution in [0.5, 0.6) is 5.75 Å². The molecular weight excluding hydrogens is 389 g/mol. The zero-order valence-electron chi connectivity index (χ0n) is 14.7. The number of carbonyl (C=O) groups is 1. The number of benzene rings is 2. The summed E-state index contributed by atoms with van der Waals surface area (Å²) in [6.45, 7) is 0.365. The van der Waals surface area contributed by atoms with E-state index in [1.807, 2.05) is 0 Å². The fourth-order valence-corrected chi connectivity index (χ4v) is 3.47. The molecule has 2 N–H and O–H groups in total. The van der Waals surface area contributed by atoms with Crippen molar-refractivity contribution in [2.24, 2.45) is 7.05 Å². The predicted octanol–water partition coefficient (Wildman–Crippen LogP) is 3.43. The van der Waals surface area contributed by atoms with Gasteiger partial charge in [-0.2, -0.15) is 4.80 Å². The van der Waals surface area contributed by atoms with Crippen molar-refractivity contribution in [3.63, 3.8) is 0 Å². The van der Waals surface area contributed by atoms with Gasteiger partial charge in [-0.25, -0.2) is 9.18 Å². The topological polar surface area (TPSA) is 102 Å². The SMILES string of the molecule is Cn1nnc(-c2c(F)cc(Cl)cc2-c2ccc3c(c2)OCCC3NC(=O)O)n1. The summed E-state index contributed by atoms with van der Waals surface area (Å²) in [6.07, 6.45) is -0.575. The monoisotopic (exact) mass is 403 g/mol. The molecule has 2 heterocycles. The molecular formula is C18H15ClFN5O3. The molecule has 0 aliphatic carbocycles. The van der Waals surface area contributed by atoms with Crippen LogP contribution in [0.2, 0.25) is 5.02 Å². The number of aromatic nitrogens is 4. The summed E-state index contributed by atoms with van der Waals surface area (Å²) in [6, 6.07) is 7.70. The Labute approximate surface area is 163 Å². The first kappa shape index (κ1) is 18.2. The van der Waals surface area contributed by atoms with Gasteiger partial charge in [0.25, 0.3) is 0 Å². The van der Waals surface area contributed by atoms with E-state index in [0.29, 0.717) is 29.9 Å².